The van der Waals surface area contributed by atoms with Gasteiger partial charge in [0.1, 0.15) is 11.9 Å². The number of carbonyl (C=O) groups excluding carboxylic acids is 1. The first-order valence-electron chi connectivity index (χ1n) is 4.68. The van der Waals surface area contributed by atoms with E-state index >= 15 is 0 Å². The topological polar surface area (TPSA) is 76.1 Å². The molecule has 0 aliphatic rings. The number of ether oxygens (including phenoxy) is 1. The molecule has 0 radical (unpaired) electrons. The number of rotatable bonds is 3. The Bertz CT molecular complexity index is 442. The van der Waals surface area contributed by atoms with Gasteiger partial charge in [0.05, 0.1) is 6.61 Å². The quantitative estimate of drug-likeness (QED) is 0.776. The lowest BCUT2D eigenvalue weighted by atomic mass is 9.93. The molecule has 4 nitrogen and oxygen atoms in total. The molecule has 0 heterocycles. The summed E-state index contributed by atoms with van der Waals surface area (Å²) in [7, 11) is 0. The molecule has 1 aromatic carbocycles. The Morgan fingerprint density at radius 2 is 2.38 bits per heavy atom. The van der Waals surface area contributed by atoms with Crippen LogP contribution in [0.1, 0.15) is 12.5 Å². The second-order valence-corrected chi connectivity index (χ2v) is 3.15. The molecule has 5 heteroatoms. The van der Waals surface area contributed by atoms with Crippen LogP contribution in [0.5, 0.6) is 0 Å². The summed E-state index contributed by atoms with van der Waals surface area (Å²) in [5.41, 5.74) is 3.73. The molecule has 0 fully saturated rings. The highest BCUT2D eigenvalue weighted by atomic mass is 19.1. The van der Waals surface area contributed by atoms with Crippen molar-refractivity contribution in [2.75, 3.05) is 6.61 Å². The number of esters is 1. The van der Waals surface area contributed by atoms with Crippen molar-refractivity contribution in [3.8, 4) is 6.07 Å². The predicted molar refractivity (Wildman–Crippen MR) is 54.5 cm³/mol. The van der Waals surface area contributed by atoms with E-state index in [0.29, 0.717) is 0 Å². The standard InChI is InChI=1S/C11H11FN2O2/c1-2-16-10(15)11(14,7-13)8-4-3-5-9(12)6-8/h3-6H,2,14H2,1H3. The SMILES string of the molecule is CCOC(=O)C(N)(C#N)c1cccc(F)c1. The highest BCUT2D eigenvalue weighted by molar-refractivity contribution is 5.85. The van der Waals surface area contributed by atoms with Crippen LogP contribution >= 0.6 is 0 Å². The van der Waals surface area contributed by atoms with Crippen LogP contribution in [-0.4, -0.2) is 12.6 Å². The molecule has 0 bridgehead atoms. The number of nitrogens with zero attached hydrogens (tertiary/aromatic N) is 1. The van der Waals surface area contributed by atoms with Crippen molar-refractivity contribution >= 4 is 5.97 Å². The first-order chi connectivity index (χ1) is 7.54. The molecule has 0 spiro atoms. The fourth-order valence-electron chi connectivity index (χ4n) is 1.21. The van der Waals surface area contributed by atoms with Gasteiger partial charge in [-0.1, -0.05) is 12.1 Å². The van der Waals surface area contributed by atoms with Gasteiger partial charge in [-0.05, 0) is 19.1 Å². The molecule has 1 unspecified atom stereocenters. The molecule has 16 heavy (non-hydrogen) atoms. The summed E-state index contributed by atoms with van der Waals surface area (Å²) in [6.07, 6.45) is 0. The molecule has 84 valence electrons. The molecule has 1 aromatic rings. The van der Waals surface area contributed by atoms with Crippen LogP contribution in [0, 0.1) is 17.1 Å². The lowest BCUT2D eigenvalue weighted by molar-refractivity contribution is -0.147. The second kappa shape index (κ2) is 4.73. The van der Waals surface area contributed by atoms with Gasteiger partial charge < -0.3 is 10.5 Å². The third kappa shape index (κ3) is 2.18. The Hall–Kier alpha value is -1.93. The fourth-order valence-corrected chi connectivity index (χ4v) is 1.21. The second-order valence-electron chi connectivity index (χ2n) is 3.15. The van der Waals surface area contributed by atoms with Gasteiger partial charge in [0.2, 0.25) is 5.54 Å². The Kier molecular flexibility index (Phi) is 3.59. The van der Waals surface area contributed by atoms with Gasteiger partial charge in [0.15, 0.2) is 0 Å². The fraction of sp³-hybridized carbons (Fsp3) is 0.273. The van der Waals surface area contributed by atoms with Crippen LogP contribution in [0.15, 0.2) is 24.3 Å². The number of halogens is 1. The lowest BCUT2D eigenvalue weighted by Crippen LogP contribution is -2.44. The van der Waals surface area contributed by atoms with Crippen molar-refractivity contribution in [1.29, 1.82) is 5.26 Å². The van der Waals surface area contributed by atoms with Gasteiger partial charge in [-0.3, -0.25) is 0 Å². The number of carbonyl (C=O) groups is 1. The summed E-state index contributed by atoms with van der Waals surface area (Å²) in [4.78, 5) is 11.5. The summed E-state index contributed by atoms with van der Waals surface area (Å²) >= 11 is 0. The predicted octanol–water partition coefficient (Wildman–Crippen LogP) is 1.07. The zero-order valence-electron chi connectivity index (χ0n) is 8.74. The number of nitriles is 1. The van der Waals surface area contributed by atoms with Crippen molar-refractivity contribution in [2.24, 2.45) is 5.73 Å². The molecule has 0 saturated carbocycles. The first-order valence-corrected chi connectivity index (χ1v) is 4.68. The maximum absolute atomic E-state index is 13.0. The van der Waals surface area contributed by atoms with Crippen molar-refractivity contribution in [1.82, 2.24) is 0 Å². The smallest absolute Gasteiger partial charge is 0.345 e. The Balaban J connectivity index is 3.16. The van der Waals surface area contributed by atoms with E-state index in [1.807, 2.05) is 0 Å². The van der Waals surface area contributed by atoms with E-state index < -0.39 is 17.3 Å². The summed E-state index contributed by atoms with van der Waals surface area (Å²) in [5, 5.41) is 8.93. The molecule has 0 aliphatic heterocycles. The molecule has 0 amide bonds. The summed E-state index contributed by atoms with van der Waals surface area (Å²) < 4.78 is 17.6. The summed E-state index contributed by atoms with van der Waals surface area (Å²) in [5.74, 6) is -1.45. The summed E-state index contributed by atoms with van der Waals surface area (Å²) in [6, 6.07) is 6.67. The minimum Gasteiger partial charge on any atom is -0.464 e. The first kappa shape index (κ1) is 12.1. The number of hydrogen-bond donors (Lipinski definition) is 1. The van der Waals surface area contributed by atoms with Gasteiger partial charge in [0, 0.05) is 5.56 Å². The van der Waals surface area contributed by atoms with E-state index in [9.17, 15) is 9.18 Å². The number of nitrogens with two attached hydrogens (primary N) is 1. The Morgan fingerprint density at radius 3 is 2.88 bits per heavy atom. The number of hydrogen-bond acceptors (Lipinski definition) is 4. The van der Waals surface area contributed by atoms with E-state index in [1.54, 1.807) is 13.0 Å². The molecule has 1 atom stereocenters. The van der Waals surface area contributed by atoms with Gasteiger partial charge in [-0.25, -0.2) is 9.18 Å². The minimum absolute atomic E-state index is 0.0773. The van der Waals surface area contributed by atoms with Gasteiger partial charge >= 0.3 is 5.97 Å². The summed E-state index contributed by atoms with van der Waals surface area (Å²) in [6.45, 7) is 1.70. The Labute approximate surface area is 92.4 Å². The monoisotopic (exact) mass is 222 g/mol. The molecule has 0 aromatic heterocycles. The van der Waals surface area contributed by atoms with E-state index in [1.165, 1.54) is 18.2 Å². The molecule has 2 N–H and O–H groups in total. The van der Waals surface area contributed by atoms with Crippen LogP contribution in [0.3, 0.4) is 0 Å². The molecule has 0 saturated heterocycles. The molecular formula is C11H11FN2O2. The van der Waals surface area contributed by atoms with E-state index in [4.69, 9.17) is 11.0 Å². The van der Waals surface area contributed by atoms with Crippen molar-refractivity contribution in [3.63, 3.8) is 0 Å². The van der Waals surface area contributed by atoms with Crippen LogP contribution in [0.2, 0.25) is 0 Å². The van der Waals surface area contributed by atoms with Crippen LogP contribution in [0.4, 0.5) is 4.39 Å². The van der Waals surface area contributed by atoms with Crippen molar-refractivity contribution in [2.45, 2.75) is 12.5 Å². The Morgan fingerprint density at radius 1 is 1.69 bits per heavy atom. The van der Waals surface area contributed by atoms with Crippen molar-refractivity contribution in [3.05, 3.63) is 35.6 Å². The largest absolute Gasteiger partial charge is 0.464 e. The van der Waals surface area contributed by atoms with Gasteiger partial charge in [-0.2, -0.15) is 5.26 Å². The van der Waals surface area contributed by atoms with E-state index in [0.717, 1.165) is 6.07 Å². The highest BCUT2D eigenvalue weighted by Gasteiger charge is 2.38. The maximum atomic E-state index is 13.0. The molecule has 0 aliphatic carbocycles. The van der Waals surface area contributed by atoms with Crippen LogP contribution in [-0.2, 0) is 15.1 Å². The third-order valence-corrected chi connectivity index (χ3v) is 2.05. The van der Waals surface area contributed by atoms with E-state index in [-0.39, 0.29) is 12.2 Å². The van der Waals surface area contributed by atoms with Gasteiger partial charge in [-0.15, -0.1) is 0 Å². The van der Waals surface area contributed by atoms with Gasteiger partial charge in [0.25, 0.3) is 0 Å². The normalized spacial score (nSPS) is 13.6. The average Bonchev–Trinajstić information content (AvgIpc) is 2.28. The average molecular weight is 222 g/mol. The zero-order valence-corrected chi connectivity index (χ0v) is 8.74. The number of benzene rings is 1. The zero-order chi connectivity index (χ0) is 12.2. The minimum atomic E-state index is -1.96. The maximum Gasteiger partial charge on any atom is 0.345 e. The third-order valence-electron chi connectivity index (χ3n) is 2.05. The lowest BCUT2D eigenvalue weighted by Gasteiger charge is -2.19. The van der Waals surface area contributed by atoms with Crippen molar-refractivity contribution < 1.29 is 13.9 Å². The van der Waals surface area contributed by atoms with E-state index in [2.05, 4.69) is 4.74 Å². The van der Waals surface area contributed by atoms with Crippen LogP contribution < -0.4 is 5.73 Å². The molecular weight excluding hydrogens is 211 g/mol. The molecule has 1 rings (SSSR count). The van der Waals surface area contributed by atoms with Crippen LogP contribution in [0.25, 0.3) is 0 Å². The highest BCUT2D eigenvalue weighted by Crippen LogP contribution is 2.20.